The molecule has 2 atom stereocenters. The number of carbonyl (C=O) groups excluding carboxylic acids is 2. The second-order valence-electron chi connectivity index (χ2n) is 10.0. The number of nitrogens with one attached hydrogen (secondary N) is 3. The van der Waals surface area contributed by atoms with Gasteiger partial charge in [0.25, 0.3) is 0 Å². The Morgan fingerprint density at radius 1 is 1.13 bits per heavy atom. The van der Waals surface area contributed by atoms with Crippen molar-refractivity contribution in [2.24, 2.45) is 5.10 Å². The first kappa shape index (κ1) is 34.4. The number of rotatable bonds is 14. The highest BCUT2D eigenvalue weighted by Gasteiger charge is 2.32. The van der Waals surface area contributed by atoms with Gasteiger partial charge < -0.3 is 39.4 Å². The number of aliphatic hydroxyl groups excluding tert-OH is 1. The van der Waals surface area contributed by atoms with E-state index in [0.717, 1.165) is 0 Å². The molecule has 4 N–H and O–H groups in total. The third kappa shape index (κ3) is 8.63. The lowest BCUT2D eigenvalue weighted by molar-refractivity contribution is -0.136. The van der Waals surface area contributed by atoms with Crippen LogP contribution in [0.4, 0.5) is 4.79 Å². The number of ether oxygens (including phenoxy) is 5. The summed E-state index contributed by atoms with van der Waals surface area (Å²) in [4.78, 5) is 24.6. The zero-order valence-corrected chi connectivity index (χ0v) is 26.9. The van der Waals surface area contributed by atoms with Gasteiger partial charge in [-0.1, -0.05) is 35.9 Å². The first-order chi connectivity index (χ1) is 22.7. The van der Waals surface area contributed by atoms with Gasteiger partial charge in [0.15, 0.2) is 29.2 Å². The standard InChI is InChI=1S/C33H34ClN5O8/c1-5-45-26-14-21(30-29(32(41)44-4)19(2)37-33(42)38-30)10-11-25(26)46-18-28(40)39-36-16-20-12-24(34)31(27(13-20)43-3)47-17-23-9-7-6-8-22(23)15-35/h6-14,16,28,30,39-40H,5,17-18H2,1-4H3,(H2,37,38,42)/b36-16-/t28-,30+/m0/s1. The van der Waals surface area contributed by atoms with Crippen LogP contribution >= 0.6 is 11.6 Å². The predicted octanol–water partition coefficient (Wildman–Crippen LogP) is 4.32. The van der Waals surface area contributed by atoms with Crippen LogP contribution in [-0.4, -0.2) is 57.0 Å². The molecule has 1 heterocycles. The maximum absolute atomic E-state index is 12.5. The number of hydrogen-bond acceptors (Lipinski definition) is 11. The van der Waals surface area contributed by atoms with Gasteiger partial charge in [0.2, 0.25) is 0 Å². The normalized spacial score (nSPS) is 14.8. The number of hydrazone groups is 1. The van der Waals surface area contributed by atoms with E-state index in [1.165, 1.54) is 20.4 Å². The van der Waals surface area contributed by atoms with Gasteiger partial charge in [-0.15, -0.1) is 0 Å². The number of aliphatic hydroxyl groups is 1. The highest BCUT2D eigenvalue weighted by atomic mass is 35.5. The lowest BCUT2D eigenvalue weighted by atomic mass is 9.95. The first-order valence-corrected chi connectivity index (χ1v) is 14.8. The zero-order chi connectivity index (χ0) is 33.9. The largest absolute Gasteiger partial charge is 0.493 e. The molecule has 4 rings (SSSR count). The number of halogens is 1. The van der Waals surface area contributed by atoms with Gasteiger partial charge in [0.05, 0.1) is 55.3 Å². The number of amides is 2. The van der Waals surface area contributed by atoms with Gasteiger partial charge in [-0.3, -0.25) is 5.43 Å². The molecule has 3 aromatic rings. The lowest BCUT2D eigenvalue weighted by Crippen LogP contribution is -2.45. The summed E-state index contributed by atoms with van der Waals surface area (Å²) in [6.07, 6.45) is 0.231. The van der Waals surface area contributed by atoms with Crippen LogP contribution < -0.4 is 35.0 Å². The second-order valence-corrected chi connectivity index (χ2v) is 10.4. The minimum Gasteiger partial charge on any atom is -0.493 e. The molecule has 0 spiro atoms. The van der Waals surface area contributed by atoms with Crippen molar-refractivity contribution in [1.29, 1.82) is 5.26 Å². The molecule has 0 unspecified atom stereocenters. The third-order valence-electron chi connectivity index (χ3n) is 6.87. The van der Waals surface area contributed by atoms with Crippen LogP contribution in [0.1, 0.15) is 42.1 Å². The molecule has 0 aliphatic carbocycles. The van der Waals surface area contributed by atoms with Gasteiger partial charge in [-0.2, -0.15) is 10.4 Å². The van der Waals surface area contributed by atoms with Crippen molar-refractivity contribution in [3.8, 4) is 29.1 Å². The summed E-state index contributed by atoms with van der Waals surface area (Å²) in [6, 6.07) is 16.2. The summed E-state index contributed by atoms with van der Waals surface area (Å²) in [6.45, 7) is 3.64. The number of esters is 1. The van der Waals surface area contributed by atoms with E-state index in [1.54, 1.807) is 62.4 Å². The maximum Gasteiger partial charge on any atom is 0.337 e. The molecular formula is C33H34ClN5O8. The van der Waals surface area contributed by atoms with Crippen LogP contribution in [0.2, 0.25) is 5.02 Å². The number of nitriles is 1. The molecule has 14 heteroatoms. The van der Waals surface area contributed by atoms with Crippen molar-refractivity contribution in [3.05, 3.63) is 93.1 Å². The SMILES string of the molecule is CCOc1cc([C@H]2NC(=O)NC(C)=C2C(=O)OC)ccc1OC[C@H](O)N/N=C\c1cc(Cl)c(OCc2ccccc2C#N)c(OC)c1. The van der Waals surface area contributed by atoms with Crippen LogP contribution in [-0.2, 0) is 16.1 Å². The molecule has 0 saturated carbocycles. The van der Waals surface area contributed by atoms with Crippen molar-refractivity contribution in [2.75, 3.05) is 27.4 Å². The summed E-state index contributed by atoms with van der Waals surface area (Å²) in [7, 11) is 2.74. The zero-order valence-electron chi connectivity index (χ0n) is 26.1. The van der Waals surface area contributed by atoms with Gasteiger partial charge in [-0.25, -0.2) is 9.59 Å². The molecule has 1 aliphatic heterocycles. The predicted molar refractivity (Wildman–Crippen MR) is 172 cm³/mol. The lowest BCUT2D eigenvalue weighted by Gasteiger charge is -2.28. The first-order valence-electron chi connectivity index (χ1n) is 14.4. The summed E-state index contributed by atoms with van der Waals surface area (Å²) in [5.41, 5.74) is 5.55. The average Bonchev–Trinajstić information content (AvgIpc) is 3.06. The van der Waals surface area contributed by atoms with E-state index in [9.17, 15) is 20.0 Å². The van der Waals surface area contributed by atoms with Gasteiger partial charge in [-0.05, 0) is 55.3 Å². The van der Waals surface area contributed by atoms with Crippen LogP contribution in [0.5, 0.6) is 23.0 Å². The maximum atomic E-state index is 12.5. The summed E-state index contributed by atoms with van der Waals surface area (Å²) in [5, 5.41) is 29.4. The number of benzene rings is 3. The molecule has 47 heavy (non-hydrogen) atoms. The summed E-state index contributed by atoms with van der Waals surface area (Å²) in [5.74, 6) is 0.751. The van der Waals surface area contributed by atoms with Crippen LogP contribution in [0.25, 0.3) is 0 Å². The van der Waals surface area contributed by atoms with Crippen molar-refractivity contribution < 1.29 is 38.4 Å². The van der Waals surface area contributed by atoms with Crippen LogP contribution in [0.15, 0.2) is 71.0 Å². The van der Waals surface area contributed by atoms with E-state index in [1.807, 2.05) is 6.07 Å². The Morgan fingerprint density at radius 2 is 1.91 bits per heavy atom. The number of urea groups is 1. The van der Waals surface area contributed by atoms with Crippen molar-refractivity contribution >= 4 is 29.8 Å². The third-order valence-corrected chi connectivity index (χ3v) is 7.15. The molecular weight excluding hydrogens is 630 g/mol. The number of allylic oxidation sites excluding steroid dienone is 1. The van der Waals surface area contributed by atoms with E-state index in [-0.39, 0.29) is 23.8 Å². The van der Waals surface area contributed by atoms with E-state index in [4.69, 9.17) is 35.3 Å². The van der Waals surface area contributed by atoms with Gasteiger partial charge in [0, 0.05) is 11.3 Å². The molecule has 3 aromatic carbocycles. The summed E-state index contributed by atoms with van der Waals surface area (Å²) >= 11 is 6.48. The van der Waals surface area contributed by atoms with E-state index < -0.39 is 24.3 Å². The number of hydrogen-bond donors (Lipinski definition) is 4. The molecule has 0 radical (unpaired) electrons. The molecule has 2 amide bonds. The molecule has 0 saturated heterocycles. The average molecular weight is 664 g/mol. The fourth-order valence-corrected chi connectivity index (χ4v) is 4.95. The van der Waals surface area contributed by atoms with E-state index in [2.05, 4.69) is 27.2 Å². The van der Waals surface area contributed by atoms with Crippen LogP contribution in [0.3, 0.4) is 0 Å². The number of nitrogens with zero attached hydrogens (tertiary/aromatic N) is 2. The Hall–Kier alpha value is -5.45. The minimum absolute atomic E-state index is 0.120. The minimum atomic E-state index is -1.21. The summed E-state index contributed by atoms with van der Waals surface area (Å²) < 4.78 is 27.8. The van der Waals surface area contributed by atoms with Crippen molar-refractivity contribution in [3.63, 3.8) is 0 Å². The fraction of sp³-hybridized carbons (Fsp3) is 0.273. The Morgan fingerprint density at radius 3 is 2.64 bits per heavy atom. The number of carbonyl (C=O) groups is 2. The Balaban J connectivity index is 1.39. The highest BCUT2D eigenvalue weighted by Crippen LogP contribution is 2.37. The van der Waals surface area contributed by atoms with E-state index in [0.29, 0.717) is 57.6 Å². The van der Waals surface area contributed by atoms with Crippen LogP contribution in [0, 0.1) is 11.3 Å². The molecule has 246 valence electrons. The smallest absolute Gasteiger partial charge is 0.337 e. The number of methoxy groups -OCH3 is 2. The second kappa shape index (κ2) is 16.2. The van der Waals surface area contributed by atoms with Crippen molar-refractivity contribution in [1.82, 2.24) is 16.1 Å². The molecule has 1 aliphatic rings. The molecule has 0 bridgehead atoms. The Kier molecular flexibility index (Phi) is 11.9. The van der Waals surface area contributed by atoms with Gasteiger partial charge in [0.1, 0.15) is 13.2 Å². The molecule has 0 fully saturated rings. The molecule has 13 nitrogen and oxygen atoms in total. The Labute approximate surface area is 276 Å². The van der Waals surface area contributed by atoms with E-state index >= 15 is 0 Å². The topological polar surface area (TPSA) is 173 Å². The Bertz CT molecular complexity index is 1720. The van der Waals surface area contributed by atoms with Crippen molar-refractivity contribution in [2.45, 2.75) is 32.7 Å². The molecule has 0 aromatic heterocycles. The van der Waals surface area contributed by atoms with Gasteiger partial charge >= 0.3 is 12.0 Å². The highest BCUT2D eigenvalue weighted by molar-refractivity contribution is 6.32. The quantitative estimate of drug-likeness (QED) is 0.0842. The monoisotopic (exact) mass is 663 g/mol. The fourth-order valence-electron chi connectivity index (χ4n) is 4.68.